The number of hydrogen-bond acceptors (Lipinski definition) is 8. The Morgan fingerprint density at radius 3 is 2.68 bits per heavy atom. The summed E-state index contributed by atoms with van der Waals surface area (Å²) in [6.45, 7) is 3.45. The zero-order valence-electron chi connectivity index (χ0n) is 18.5. The SMILES string of the molecule is Cc1cnc(Nc2cnn(CC(=O)N3CCOCC3)c2)nc1NC(CO)c1c(F)cccc1F. The van der Waals surface area contributed by atoms with E-state index in [-0.39, 0.29) is 24.0 Å². The molecule has 1 fully saturated rings. The lowest BCUT2D eigenvalue weighted by atomic mass is 10.1. The van der Waals surface area contributed by atoms with E-state index in [1.807, 2.05) is 0 Å². The van der Waals surface area contributed by atoms with Crippen molar-refractivity contribution >= 4 is 23.4 Å². The summed E-state index contributed by atoms with van der Waals surface area (Å²) in [5.41, 5.74) is 0.903. The molecule has 3 N–H and O–H groups in total. The molecule has 0 radical (unpaired) electrons. The molecule has 0 saturated carbocycles. The van der Waals surface area contributed by atoms with E-state index in [9.17, 15) is 18.7 Å². The van der Waals surface area contributed by atoms with E-state index in [0.29, 0.717) is 43.4 Å². The first-order valence-electron chi connectivity index (χ1n) is 10.7. The van der Waals surface area contributed by atoms with Crippen LogP contribution in [-0.2, 0) is 16.1 Å². The molecule has 1 amide bonds. The molecular weight excluding hydrogens is 448 g/mol. The Bertz CT molecular complexity index is 1130. The molecule has 10 nitrogen and oxygen atoms in total. The number of nitrogens with one attached hydrogen (secondary N) is 2. The summed E-state index contributed by atoms with van der Waals surface area (Å²) < 4.78 is 35.2. The van der Waals surface area contributed by atoms with Gasteiger partial charge in [-0.05, 0) is 19.1 Å². The summed E-state index contributed by atoms with van der Waals surface area (Å²) in [6.07, 6.45) is 4.73. The molecule has 1 unspecified atom stereocenters. The maximum atomic E-state index is 14.2. The van der Waals surface area contributed by atoms with Crippen molar-refractivity contribution in [2.75, 3.05) is 43.5 Å². The minimum Gasteiger partial charge on any atom is -0.394 e. The van der Waals surface area contributed by atoms with Crippen LogP contribution < -0.4 is 10.6 Å². The highest BCUT2D eigenvalue weighted by Crippen LogP contribution is 2.26. The summed E-state index contributed by atoms with van der Waals surface area (Å²) >= 11 is 0. The predicted octanol–water partition coefficient (Wildman–Crippen LogP) is 2.01. The van der Waals surface area contributed by atoms with Gasteiger partial charge in [-0.1, -0.05) is 6.07 Å². The summed E-state index contributed by atoms with van der Waals surface area (Å²) in [5, 5.41) is 19.8. The Kier molecular flexibility index (Phi) is 7.28. The number of halogens is 2. The second-order valence-electron chi connectivity index (χ2n) is 7.78. The van der Waals surface area contributed by atoms with Gasteiger partial charge < -0.3 is 25.4 Å². The van der Waals surface area contributed by atoms with Gasteiger partial charge in [0.2, 0.25) is 11.9 Å². The van der Waals surface area contributed by atoms with Gasteiger partial charge in [-0.3, -0.25) is 9.48 Å². The topological polar surface area (TPSA) is 117 Å². The lowest BCUT2D eigenvalue weighted by molar-refractivity contribution is -0.136. The maximum Gasteiger partial charge on any atom is 0.244 e. The Balaban J connectivity index is 1.45. The lowest BCUT2D eigenvalue weighted by Crippen LogP contribution is -2.42. The molecule has 1 saturated heterocycles. The average molecular weight is 473 g/mol. The van der Waals surface area contributed by atoms with E-state index in [2.05, 4.69) is 25.7 Å². The van der Waals surface area contributed by atoms with Gasteiger partial charge in [0, 0.05) is 36.6 Å². The Hall–Kier alpha value is -3.64. The number of aliphatic hydroxyl groups excluding tert-OH is 1. The number of nitrogens with zero attached hydrogens (tertiary/aromatic N) is 5. The molecule has 12 heteroatoms. The van der Waals surface area contributed by atoms with Gasteiger partial charge in [0.25, 0.3) is 0 Å². The van der Waals surface area contributed by atoms with Crippen LogP contribution in [0.3, 0.4) is 0 Å². The largest absolute Gasteiger partial charge is 0.394 e. The van der Waals surface area contributed by atoms with Gasteiger partial charge in [-0.25, -0.2) is 13.8 Å². The molecule has 0 aliphatic carbocycles. The number of hydrogen-bond donors (Lipinski definition) is 3. The fourth-order valence-corrected chi connectivity index (χ4v) is 3.56. The third-order valence-corrected chi connectivity index (χ3v) is 5.36. The number of carbonyl (C=O) groups is 1. The van der Waals surface area contributed by atoms with Crippen LogP contribution in [0.25, 0.3) is 0 Å². The first-order valence-corrected chi connectivity index (χ1v) is 10.7. The van der Waals surface area contributed by atoms with Crippen molar-refractivity contribution in [2.45, 2.75) is 19.5 Å². The monoisotopic (exact) mass is 473 g/mol. The van der Waals surface area contributed by atoms with Crippen molar-refractivity contribution in [1.82, 2.24) is 24.6 Å². The molecule has 34 heavy (non-hydrogen) atoms. The van der Waals surface area contributed by atoms with Crippen LogP contribution in [0.2, 0.25) is 0 Å². The third-order valence-electron chi connectivity index (χ3n) is 5.36. The van der Waals surface area contributed by atoms with Crippen molar-refractivity contribution in [2.24, 2.45) is 0 Å². The molecule has 2 aromatic heterocycles. The number of anilines is 3. The summed E-state index contributed by atoms with van der Waals surface area (Å²) in [7, 11) is 0. The zero-order valence-corrected chi connectivity index (χ0v) is 18.5. The normalized spacial score (nSPS) is 14.6. The van der Waals surface area contributed by atoms with Crippen LogP contribution in [0.1, 0.15) is 17.2 Å². The Labute approximate surface area is 194 Å². The maximum absolute atomic E-state index is 14.2. The second kappa shape index (κ2) is 10.5. The van der Waals surface area contributed by atoms with Gasteiger partial charge in [0.05, 0.1) is 37.7 Å². The van der Waals surface area contributed by atoms with Crippen LogP contribution in [0.15, 0.2) is 36.8 Å². The molecule has 1 atom stereocenters. The van der Waals surface area contributed by atoms with Crippen molar-refractivity contribution in [3.63, 3.8) is 0 Å². The van der Waals surface area contributed by atoms with E-state index < -0.39 is 24.3 Å². The number of amides is 1. The Morgan fingerprint density at radius 1 is 1.24 bits per heavy atom. The van der Waals surface area contributed by atoms with Crippen LogP contribution in [0.5, 0.6) is 0 Å². The number of rotatable bonds is 8. The standard InChI is InChI=1S/C22H25F2N7O3/c1-14-9-25-22(29-21(14)28-18(13-32)20-16(23)3-2-4-17(20)24)27-15-10-26-31(11-15)12-19(33)30-5-7-34-8-6-30/h2-4,9-11,18,32H,5-8,12-13H2,1H3,(H2,25,27,28,29). The Morgan fingerprint density at radius 2 is 1.97 bits per heavy atom. The van der Waals surface area contributed by atoms with E-state index in [1.54, 1.807) is 18.0 Å². The highest BCUT2D eigenvalue weighted by atomic mass is 19.1. The van der Waals surface area contributed by atoms with Crippen molar-refractivity contribution in [3.8, 4) is 0 Å². The molecule has 3 aromatic rings. The van der Waals surface area contributed by atoms with Crippen molar-refractivity contribution < 1.29 is 23.4 Å². The fraction of sp³-hybridized carbons (Fsp3) is 0.364. The minimum atomic E-state index is -1.04. The molecule has 4 rings (SSSR count). The van der Waals surface area contributed by atoms with Gasteiger partial charge in [0.1, 0.15) is 24.0 Å². The molecular formula is C22H25F2N7O3. The highest BCUT2D eigenvalue weighted by molar-refractivity contribution is 5.76. The molecule has 0 bridgehead atoms. The molecule has 180 valence electrons. The quantitative estimate of drug-likeness (QED) is 0.455. The van der Waals surface area contributed by atoms with Crippen molar-refractivity contribution in [3.05, 3.63) is 59.6 Å². The summed E-state index contributed by atoms with van der Waals surface area (Å²) in [6, 6.07) is 2.47. The van der Waals surface area contributed by atoms with Gasteiger partial charge in [-0.2, -0.15) is 10.1 Å². The number of aryl methyl sites for hydroxylation is 1. The molecule has 3 heterocycles. The lowest BCUT2D eigenvalue weighted by Gasteiger charge is -2.26. The zero-order chi connectivity index (χ0) is 24.1. The second-order valence-corrected chi connectivity index (χ2v) is 7.78. The first-order chi connectivity index (χ1) is 16.4. The predicted molar refractivity (Wildman–Crippen MR) is 119 cm³/mol. The fourth-order valence-electron chi connectivity index (χ4n) is 3.56. The van der Waals surface area contributed by atoms with Crippen LogP contribution in [0.4, 0.5) is 26.2 Å². The molecule has 1 aliphatic rings. The van der Waals surface area contributed by atoms with Crippen LogP contribution >= 0.6 is 0 Å². The van der Waals surface area contributed by atoms with E-state index in [1.165, 1.54) is 23.1 Å². The number of carbonyl (C=O) groups excluding carboxylic acids is 1. The third kappa shape index (κ3) is 5.46. The summed E-state index contributed by atoms with van der Waals surface area (Å²) in [4.78, 5) is 22.7. The van der Waals surface area contributed by atoms with Gasteiger partial charge in [-0.15, -0.1) is 0 Å². The molecule has 1 aliphatic heterocycles. The number of morpholine rings is 1. The van der Waals surface area contributed by atoms with E-state index >= 15 is 0 Å². The molecule has 0 spiro atoms. The highest BCUT2D eigenvalue weighted by Gasteiger charge is 2.21. The number of benzene rings is 1. The van der Waals surface area contributed by atoms with Crippen LogP contribution in [-0.4, -0.2) is 68.6 Å². The van der Waals surface area contributed by atoms with Gasteiger partial charge in [0.15, 0.2) is 0 Å². The van der Waals surface area contributed by atoms with E-state index in [0.717, 1.165) is 12.1 Å². The smallest absolute Gasteiger partial charge is 0.244 e. The van der Waals surface area contributed by atoms with Crippen molar-refractivity contribution in [1.29, 1.82) is 0 Å². The summed E-state index contributed by atoms with van der Waals surface area (Å²) in [5.74, 6) is -1.08. The van der Waals surface area contributed by atoms with E-state index in [4.69, 9.17) is 4.74 Å². The number of aliphatic hydroxyl groups is 1. The van der Waals surface area contributed by atoms with Crippen LogP contribution in [0, 0.1) is 18.6 Å². The van der Waals surface area contributed by atoms with Gasteiger partial charge >= 0.3 is 0 Å². The number of aromatic nitrogens is 4. The molecule has 1 aromatic carbocycles. The average Bonchev–Trinajstić information content (AvgIpc) is 3.27. The number of ether oxygens (including phenoxy) is 1. The minimum absolute atomic E-state index is 0.0496. The first kappa shape index (κ1) is 23.5.